The summed E-state index contributed by atoms with van der Waals surface area (Å²) in [5, 5.41) is 3.69. The van der Waals surface area contributed by atoms with Crippen LogP contribution < -0.4 is 5.32 Å². The van der Waals surface area contributed by atoms with Crippen molar-refractivity contribution in [3.63, 3.8) is 0 Å². The topological polar surface area (TPSA) is 61.0 Å². The smallest absolute Gasteiger partial charge is 0.270 e. The minimum atomic E-state index is 0.0780. The van der Waals surface area contributed by atoms with Crippen molar-refractivity contribution in [3.05, 3.63) is 66.0 Å². The van der Waals surface area contributed by atoms with E-state index in [4.69, 9.17) is 0 Å². The summed E-state index contributed by atoms with van der Waals surface area (Å²) < 4.78 is 0. The molecule has 146 valence electrons. The number of hydrogen-bond acceptors (Lipinski definition) is 3. The number of H-pyrrole nitrogens is 1. The molecule has 2 aromatic heterocycles. The first-order valence-electron chi connectivity index (χ1n) is 10.3. The summed E-state index contributed by atoms with van der Waals surface area (Å²) in [6.45, 7) is 3.67. The number of nitrogens with one attached hydrogen (secondary N) is 2. The van der Waals surface area contributed by atoms with Gasteiger partial charge in [0.05, 0.1) is 11.0 Å². The first kappa shape index (κ1) is 18.7. The third-order valence-corrected chi connectivity index (χ3v) is 5.75. The van der Waals surface area contributed by atoms with Crippen molar-refractivity contribution in [1.29, 1.82) is 0 Å². The van der Waals surface area contributed by atoms with Gasteiger partial charge in [0, 0.05) is 31.4 Å². The van der Waals surface area contributed by atoms with Crippen LogP contribution in [0.2, 0.25) is 0 Å². The zero-order chi connectivity index (χ0) is 19.3. The fourth-order valence-electron chi connectivity index (χ4n) is 4.28. The average Bonchev–Trinajstić information content (AvgIpc) is 3.18. The first-order chi connectivity index (χ1) is 13.7. The van der Waals surface area contributed by atoms with Crippen LogP contribution in [0.3, 0.4) is 0 Å². The first-order valence-corrected chi connectivity index (χ1v) is 10.3. The second kappa shape index (κ2) is 8.57. The third kappa shape index (κ3) is 4.09. The maximum absolute atomic E-state index is 13.2. The highest BCUT2D eigenvalue weighted by Crippen LogP contribution is 2.25. The molecule has 1 aromatic carbocycles. The van der Waals surface area contributed by atoms with Gasteiger partial charge in [-0.1, -0.05) is 30.3 Å². The fourth-order valence-corrected chi connectivity index (χ4v) is 4.28. The molecule has 2 atom stereocenters. The number of benzene rings is 1. The van der Waals surface area contributed by atoms with Crippen LogP contribution in [0.15, 0.2) is 54.7 Å². The van der Waals surface area contributed by atoms with E-state index in [-0.39, 0.29) is 11.9 Å². The molecule has 1 amide bonds. The molecule has 0 bridgehead atoms. The molecular formula is C23H28N4O. The van der Waals surface area contributed by atoms with Crippen molar-refractivity contribution >= 4 is 16.9 Å². The van der Waals surface area contributed by atoms with E-state index >= 15 is 0 Å². The van der Waals surface area contributed by atoms with E-state index in [1.165, 1.54) is 12.0 Å². The molecule has 5 heteroatoms. The van der Waals surface area contributed by atoms with Crippen LogP contribution >= 0.6 is 0 Å². The Morgan fingerprint density at radius 2 is 2.07 bits per heavy atom. The van der Waals surface area contributed by atoms with Crippen molar-refractivity contribution < 1.29 is 4.79 Å². The van der Waals surface area contributed by atoms with Gasteiger partial charge < -0.3 is 15.2 Å². The number of aromatic amines is 1. The van der Waals surface area contributed by atoms with Crippen molar-refractivity contribution in [3.8, 4) is 0 Å². The van der Waals surface area contributed by atoms with Gasteiger partial charge in [0.1, 0.15) is 5.69 Å². The lowest BCUT2D eigenvalue weighted by Crippen LogP contribution is -2.46. The van der Waals surface area contributed by atoms with Gasteiger partial charge in [0.2, 0.25) is 0 Å². The van der Waals surface area contributed by atoms with E-state index in [1.54, 1.807) is 6.20 Å². The summed E-state index contributed by atoms with van der Waals surface area (Å²) in [4.78, 5) is 22.8. The predicted molar refractivity (Wildman–Crippen MR) is 112 cm³/mol. The zero-order valence-electron chi connectivity index (χ0n) is 16.4. The number of amides is 1. The van der Waals surface area contributed by atoms with Crippen LogP contribution in [-0.2, 0) is 6.54 Å². The van der Waals surface area contributed by atoms with Crippen LogP contribution in [0.4, 0.5) is 0 Å². The van der Waals surface area contributed by atoms with Crippen LogP contribution in [0, 0.1) is 0 Å². The maximum Gasteiger partial charge on any atom is 0.270 e. The highest BCUT2D eigenvalue weighted by molar-refractivity contribution is 5.97. The summed E-state index contributed by atoms with van der Waals surface area (Å²) in [5.41, 5.74) is 3.69. The van der Waals surface area contributed by atoms with Crippen molar-refractivity contribution in [1.82, 2.24) is 20.2 Å². The average molecular weight is 377 g/mol. The monoisotopic (exact) mass is 376 g/mol. The Morgan fingerprint density at radius 3 is 2.86 bits per heavy atom. The molecule has 1 aliphatic carbocycles. The molecule has 2 N–H and O–H groups in total. The van der Waals surface area contributed by atoms with Gasteiger partial charge in [0.25, 0.3) is 5.91 Å². The summed E-state index contributed by atoms with van der Waals surface area (Å²) in [6.07, 6.45) is 6.15. The van der Waals surface area contributed by atoms with E-state index in [0.29, 0.717) is 11.7 Å². The molecule has 0 aliphatic heterocycles. The van der Waals surface area contributed by atoms with Crippen LogP contribution in [0.1, 0.15) is 48.7 Å². The number of pyridine rings is 1. The normalized spacial score (nSPS) is 19.6. The number of hydrogen-bond donors (Lipinski definition) is 2. The summed E-state index contributed by atoms with van der Waals surface area (Å²) in [7, 11) is 0. The molecule has 5 nitrogen and oxygen atoms in total. The van der Waals surface area contributed by atoms with Crippen molar-refractivity contribution in [2.75, 3.05) is 6.54 Å². The second-order valence-corrected chi connectivity index (χ2v) is 7.59. The number of aromatic nitrogens is 2. The predicted octanol–water partition coefficient (Wildman–Crippen LogP) is 4.13. The summed E-state index contributed by atoms with van der Waals surface area (Å²) >= 11 is 0. The lowest BCUT2D eigenvalue weighted by Gasteiger charge is -2.37. The largest absolute Gasteiger partial charge is 0.349 e. The molecular weight excluding hydrogens is 348 g/mol. The molecule has 0 radical (unpaired) electrons. The van der Waals surface area contributed by atoms with Crippen molar-refractivity contribution in [2.45, 2.75) is 51.2 Å². The number of carbonyl (C=O) groups is 1. The van der Waals surface area contributed by atoms with Crippen LogP contribution in [0.25, 0.3) is 11.0 Å². The minimum absolute atomic E-state index is 0.0780. The molecule has 3 aromatic rings. The Balaban J connectivity index is 1.42. The maximum atomic E-state index is 13.2. The van der Waals surface area contributed by atoms with Gasteiger partial charge in [-0.05, 0) is 56.4 Å². The van der Waals surface area contributed by atoms with E-state index in [1.807, 2.05) is 29.2 Å². The van der Waals surface area contributed by atoms with Gasteiger partial charge >= 0.3 is 0 Å². The third-order valence-electron chi connectivity index (χ3n) is 5.75. The standard InChI is InChI=1S/C23H28N4O/c1-2-27(23(28)22-15-21-20(26-22)12-7-13-24-21)19-11-6-10-18(14-19)25-16-17-8-4-3-5-9-17/h3-5,7-9,12-13,15,18-19,25-26H,2,6,10-11,14,16H2,1H3/t18-,19+/m1/s1. The Labute approximate surface area is 166 Å². The summed E-state index contributed by atoms with van der Waals surface area (Å²) in [5.74, 6) is 0.0780. The van der Waals surface area contributed by atoms with E-state index in [2.05, 4.69) is 46.5 Å². The molecule has 0 saturated heterocycles. The molecule has 1 aliphatic rings. The highest BCUT2D eigenvalue weighted by Gasteiger charge is 2.29. The molecule has 0 unspecified atom stereocenters. The molecule has 0 spiro atoms. The van der Waals surface area contributed by atoms with Gasteiger partial charge in [0.15, 0.2) is 0 Å². The van der Waals surface area contributed by atoms with E-state index < -0.39 is 0 Å². The van der Waals surface area contributed by atoms with Gasteiger partial charge in [-0.2, -0.15) is 0 Å². The minimum Gasteiger partial charge on any atom is -0.349 e. The SMILES string of the molecule is CCN(C(=O)c1cc2ncccc2[nH]1)[C@H]1CCC[C@@H](NCc2ccccc2)C1. The van der Waals surface area contributed by atoms with Crippen LogP contribution in [-0.4, -0.2) is 39.4 Å². The second-order valence-electron chi connectivity index (χ2n) is 7.59. The quantitative estimate of drug-likeness (QED) is 0.680. The summed E-state index contributed by atoms with van der Waals surface area (Å²) in [6, 6.07) is 16.9. The van der Waals surface area contributed by atoms with Gasteiger partial charge in [-0.3, -0.25) is 9.78 Å². The molecule has 1 saturated carbocycles. The molecule has 4 rings (SSSR count). The molecule has 1 fully saturated rings. The number of rotatable bonds is 6. The van der Waals surface area contributed by atoms with Crippen LogP contribution in [0.5, 0.6) is 0 Å². The Morgan fingerprint density at radius 1 is 1.21 bits per heavy atom. The van der Waals surface area contributed by atoms with E-state index in [9.17, 15) is 4.79 Å². The van der Waals surface area contributed by atoms with Gasteiger partial charge in [-0.25, -0.2) is 0 Å². The highest BCUT2D eigenvalue weighted by atomic mass is 16.2. The molecule has 28 heavy (non-hydrogen) atoms. The number of carbonyl (C=O) groups excluding carboxylic acids is 1. The lowest BCUT2D eigenvalue weighted by molar-refractivity contribution is 0.0623. The zero-order valence-corrected chi connectivity index (χ0v) is 16.4. The number of fused-ring (bicyclic) bond motifs is 1. The Hall–Kier alpha value is -2.66. The fraction of sp³-hybridized carbons (Fsp3) is 0.391. The van der Waals surface area contributed by atoms with Gasteiger partial charge in [-0.15, -0.1) is 0 Å². The van der Waals surface area contributed by atoms with E-state index in [0.717, 1.165) is 43.4 Å². The Bertz CT molecular complexity index is 888. The lowest BCUT2D eigenvalue weighted by atomic mass is 9.89. The number of nitrogens with zero attached hydrogens (tertiary/aromatic N) is 2. The van der Waals surface area contributed by atoms with Crippen molar-refractivity contribution in [2.24, 2.45) is 0 Å². The Kier molecular flexibility index (Phi) is 5.72. The molecule has 2 heterocycles.